The molecule has 0 fully saturated rings. The van der Waals surface area contributed by atoms with Crippen molar-refractivity contribution < 1.29 is 0 Å². The van der Waals surface area contributed by atoms with E-state index in [2.05, 4.69) is 5.32 Å². The Kier molecular flexibility index (Phi) is 3.91. The van der Waals surface area contributed by atoms with Gasteiger partial charge in [0.25, 0.3) is 0 Å². The maximum atomic E-state index is 6.10. The lowest BCUT2D eigenvalue weighted by atomic mass is 10.1. The van der Waals surface area contributed by atoms with Crippen LogP contribution in [0.3, 0.4) is 0 Å². The Bertz CT molecular complexity index is 597. The number of benzene rings is 2. The number of hydrogen-bond acceptors (Lipinski definition) is 2. The van der Waals surface area contributed by atoms with Gasteiger partial charge >= 0.3 is 0 Å². The number of halogens is 3. The maximum absolute atomic E-state index is 6.10. The summed E-state index contributed by atoms with van der Waals surface area (Å²) in [6.07, 6.45) is 0. The molecule has 2 nitrogen and oxygen atoms in total. The van der Waals surface area contributed by atoms with Gasteiger partial charge in [-0.2, -0.15) is 0 Å². The van der Waals surface area contributed by atoms with Gasteiger partial charge in [-0.05, 0) is 42.8 Å². The summed E-state index contributed by atoms with van der Waals surface area (Å²) in [5.41, 5.74) is 9.08. The van der Waals surface area contributed by atoms with E-state index in [1.165, 1.54) is 0 Å². The minimum atomic E-state index is 0.432. The minimum Gasteiger partial charge on any atom is -0.399 e. The molecular formula is C13H11Cl3N2. The standard InChI is InChI=1S/C13H11Cl3N2/c1-7-4-8(17)2-3-12(7)18-13-6-10(15)9(14)5-11(13)16/h2-6,18H,17H2,1H3. The molecule has 0 bridgehead atoms. The van der Waals surface area contributed by atoms with Gasteiger partial charge in [0, 0.05) is 11.4 Å². The number of nitrogen functional groups attached to an aromatic ring is 1. The lowest BCUT2D eigenvalue weighted by molar-refractivity contribution is 1.43. The summed E-state index contributed by atoms with van der Waals surface area (Å²) in [5, 5.41) is 4.61. The van der Waals surface area contributed by atoms with Gasteiger partial charge in [0.05, 0.1) is 20.8 Å². The largest absolute Gasteiger partial charge is 0.399 e. The predicted molar refractivity (Wildman–Crippen MR) is 80.3 cm³/mol. The third kappa shape index (κ3) is 2.83. The number of nitrogens with one attached hydrogen (secondary N) is 1. The van der Waals surface area contributed by atoms with E-state index < -0.39 is 0 Å². The molecule has 94 valence electrons. The summed E-state index contributed by atoms with van der Waals surface area (Å²) in [4.78, 5) is 0. The van der Waals surface area contributed by atoms with E-state index in [0.717, 1.165) is 16.9 Å². The normalized spacial score (nSPS) is 10.4. The summed E-state index contributed by atoms with van der Waals surface area (Å²) in [7, 11) is 0. The Labute approximate surface area is 121 Å². The average Bonchev–Trinajstić information content (AvgIpc) is 2.29. The van der Waals surface area contributed by atoms with Crippen LogP contribution >= 0.6 is 34.8 Å². The first-order valence-corrected chi connectivity index (χ1v) is 6.38. The zero-order valence-electron chi connectivity index (χ0n) is 9.60. The minimum absolute atomic E-state index is 0.432. The molecule has 0 heterocycles. The van der Waals surface area contributed by atoms with Crippen molar-refractivity contribution in [3.8, 4) is 0 Å². The highest BCUT2D eigenvalue weighted by Crippen LogP contribution is 2.34. The molecule has 0 aliphatic rings. The summed E-state index contributed by atoms with van der Waals surface area (Å²) >= 11 is 18.0. The van der Waals surface area contributed by atoms with Crippen molar-refractivity contribution in [1.82, 2.24) is 0 Å². The van der Waals surface area contributed by atoms with Crippen molar-refractivity contribution in [2.45, 2.75) is 6.92 Å². The number of anilines is 3. The van der Waals surface area contributed by atoms with E-state index in [1.807, 2.05) is 25.1 Å². The van der Waals surface area contributed by atoms with Crippen molar-refractivity contribution in [2.75, 3.05) is 11.1 Å². The fraction of sp³-hybridized carbons (Fsp3) is 0.0769. The SMILES string of the molecule is Cc1cc(N)ccc1Nc1cc(Cl)c(Cl)cc1Cl. The Morgan fingerprint density at radius 2 is 1.56 bits per heavy atom. The zero-order valence-corrected chi connectivity index (χ0v) is 11.9. The number of hydrogen-bond donors (Lipinski definition) is 2. The van der Waals surface area contributed by atoms with Gasteiger partial charge in [-0.15, -0.1) is 0 Å². The van der Waals surface area contributed by atoms with Crippen molar-refractivity contribution in [3.05, 3.63) is 51.0 Å². The third-order valence-electron chi connectivity index (χ3n) is 2.53. The first kappa shape index (κ1) is 13.3. The second kappa shape index (κ2) is 5.27. The van der Waals surface area contributed by atoms with Crippen molar-refractivity contribution in [1.29, 1.82) is 0 Å². The number of aryl methyl sites for hydroxylation is 1. The number of nitrogens with two attached hydrogens (primary N) is 1. The smallest absolute Gasteiger partial charge is 0.0656 e. The van der Waals surface area contributed by atoms with Crippen LogP contribution in [0, 0.1) is 6.92 Å². The van der Waals surface area contributed by atoms with Gasteiger partial charge in [-0.3, -0.25) is 0 Å². The molecule has 0 spiro atoms. The molecule has 0 aromatic heterocycles. The highest BCUT2D eigenvalue weighted by Gasteiger charge is 2.07. The van der Waals surface area contributed by atoms with E-state index in [0.29, 0.717) is 20.8 Å². The van der Waals surface area contributed by atoms with Gasteiger partial charge in [0.15, 0.2) is 0 Å². The average molecular weight is 302 g/mol. The molecule has 0 saturated heterocycles. The summed E-state index contributed by atoms with van der Waals surface area (Å²) in [5.74, 6) is 0. The molecule has 0 aliphatic heterocycles. The third-order valence-corrected chi connectivity index (χ3v) is 3.56. The van der Waals surface area contributed by atoms with Gasteiger partial charge in [-0.1, -0.05) is 34.8 Å². The van der Waals surface area contributed by atoms with Crippen molar-refractivity contribution in [3.63, 3.8) is 0 Å². The second-order valence-corrected chi connectivity index (χ2v) is 5.17. The molecule has 0 aliphatic carbocycles. The highest BCUT2D eigenvalue weighted by atomic mass is 35.5. The van der Waals surface area contributed by atoms with E-state index in [9.17, 15) is 0 Å². The van der Waals surface area contributed by atoms with Crippen LogP contribution in [0.4, 0.5) is 17.1 Å². The van der Waals surface area contributed by atoms with Crippen LogP contribution in [0.1, 0.15) is 5.56 Å². The Morgan fingerprint density at radius 3 is 2.22 bits per heavy atom. The molecule has 0 saturated carbocycles. The molecular weight excluding hydrogens is 291 g/mol. The molecule has 5 heteroatoms. The summed E-state index contributed by atoms with van der Waals surface area (Å²) in [6.45, 7) is 1.96. The first-order chi connectivity index (χ1) is 8.47. The van der Waals surface area contributed by atoms with Crippen molar-refractivity contribution >= 4 is 51.9 Å². The Hall–Kier alpha value is -1.09. The first-order valence-electron chi connectivity index (χ1n) is 5.25. The molecule has 3 N–H and O–H groups in total. The monoisotopic (exact) mass is 300 g/mol. The van der Waals surface area contributed by atoms with Gasteiger partial charge in [0.1, 0.15) is 0 Å². The number of rotatable bonds is 2. The van der Waals surface area contributed by atoms with Gasteiger partial charge < -0.3 is 11.1 Å². The van der Waals surface area contributed by atoms with E-state index in [4.69, 9.17) is 40.5 Å². The lowest BCUT2D eigenvalue weighted by Crippen LogP contribution is -1.95. The Balaban J connectivity index is 2.37. The van der Waals surface area contributed by atoms with Gasteiger partial charge in [-0.25, -0.2) is 0 Å². The Morgan fingerprint density at radius 1 is 0.889 bits per heavy atom. The molecule has 18 heavy (non-hydrogen) atoms. The lowest BCUT2D eigenvalue weighted by Gasteiger charge is -2.12. The fourth-order valence-electron chi connectivity index (χ4n) is 1.59. The molecule has 2 aromatic rings. The zero-order chi connectivity index (χ0) is 13.3. The van der Waals surface area contributed by atoms with Crippen LogP contribution in [-0.2, 0) is 0 Å². The summed E-state index contributed by atoms with van der Waals surface area (Å²) in [6, 6.07) is 8.90. The quantitative estimate of drug-likeness (QED) is 0.585. The van der Waals surface area contributed by atoms with Crippen LogP contribution in [-0.4, -0.2) is 0 Å². The topological polar surface area (TPSA) is 38.0 Å². The van der Waals surface area contributed by atoms with Crippen molar-refractivity contribution in [2.24, 2.45) is 0 Å². The van der Waals surface area contributed by atoms with E-state index in [1.54, 1.807) is 12.1 Å². The molecule has 0 radical (unpaired) electrons. The molecule has 2 aromatic carbocycles. The predicted octanol–water partition coefficient (Wildman–Crippen LogP) is 5.28. The maximum Gasteiger partial charge on any atom is 0.0656 e. The van der Waals surface area contributed by atoms with E-state index >= 15 is 0 Å². The van der Waals surface area contributed by atoms with Crippen LogP contribution in [0.15, 0.2) is 30.3 Å². The van der Waals surface area contributed by atoms with Crippen LogP contribution in [0.25, 0.3) is 0 Å². The second-order valence-electron chi connectivity index (χ2n) is 3.95. The molecule has 2 rings (SSSR count). The summed E-state index contributed by atoms with van der Waals surface area (Å²) < 4.78 is 0. The fourth-order valence-corrected chi connectivity index (χ4v) is 2.18. The van der Waals surface area contributed by atoms with E-state index in [-0.39, 0.29) is 0 Å². The van der Waals surface area contributed by atoms with Crippen LogP contribution < -0.4 is 11.1 Å². The highest BCUT2D eigenvalue weighted by molar-refractivity contribution is 6.44. The molecule has 0 atom stereocenters. The molecule has 0 unspecified atom stereocenters. The van der Waals surface area contributed by atoms with Crippen LogP contribution in [0.5, 0.6) is 0 Å². The molecule has 0 amide bonds. The van der Waals surface area contributed by atoms with Crippen LogP contribution in [0.2, 0.25) is 15.1 Å². The van der Waals surface area contributed by atoms with Gasteiger partial charge in [0.2, 0.25) is 0 Å².